The zero-order chi connectivity index (χ0) is 14.3. The SMILES string of the molecule is C=C[Si](CCC)(CCC)C(C)N(C(C)C)C(C)C. The van der Waals surface area contributed by atoms with E-state index in [0.29, 0.717) is 17.7 Å². The Morgan fingerprint density at radius 2 is 1.33 bits per heavy atom. The maximum absolute atomic E-state index is 4.23. The Balaban J connectivity index is 5.24. The lowest BCUT2D eigenvalue weighted by molar-refractivity contribution is 0.157. The number of rotatable bonds is 9. The molecular formula is C16H35NSi. The van der Waals surface area contributed by atoms with Gasteiger partial charge in [-0.25, -0.2) is 0 Å². The van der Waals surface area contributed by atoms with Crippen LogP contribution in [-0.2, 0) is 0 Å². The van der Waals surface area contributed by atoms with Crippen LogP contribution in [-0.4, -0.2) is 30.7 Å². The number of hydrogen-bond acceptors (Lipinski definition) is 1. The van der Waals surface area contributed by atoms with Gasteiger partial charge in [-0.2, -0.15) is 0 Å². The van der Waals surface area contributed by atoms with Crippen molar-refractivity contribution in [1.82, 2.24) is 4.90 Å². The molecule has 1 atom stereocenters. The molecule has 1 unspecified atom stereocenters. The molecule has 1 nitrogen and oxygen atoms in total. The van der Waals surface area contributed by atoms with Crippen molar-refractivity contribution in [3.05, 3.63) is 12.3 Å². The fraction of sp³-hybridized carbons (Fsp3) is 0.875. The van der Waals surface area contributed by atoms with E-state index in [1.807, 2.05) is 0 Å². The molecule has 18 heavy (non-hydrogen) atoms. The monoisotopic (exact) mass is 269 g/mol. The summed E-state index contributed by atoms with van der Waals surface area (Å²) in [5, 5.41) is 0. The zero-order valence-electron chi connectivity index (χ0n) is 13.8. The molecule has 0 aromatic heterocycles. The molecular weight excluding hydrogens is 234 g/mol. The molecule has 0 rings (SSSR count). The second-order valence-corrected chi connectivity index (χ2v) is 11.0. The maximum atomic E-state index is 4.23. The molecule has 0 aliphatic carbocycles. The number of hydrogen-bond donors (Lipinski definition) is 0. The molecule has 0 heterocycles. The summed E-state index contributed by atoms with van der Waals surface area (Å²) >= 11 is 0. The summed E-state index contributed by atoms with van der Waals surface area (Å²) in [5.74, 6) is 0. The minimum Gasteiger partial charge on any atom is -0.298 e. The molecule has 0 bridgehead atoms. The summed E-state index contributed by atoms with van der Waals surface area (Å²) in [7, 11) is -1.37. The fourth-order valence-electron chi connectivity index (χ4n) is 3.64. The van der Waals surface area contributed by atoms with Gasteiger partial charge in [0.2, 0.25) is 0 Å². The molecule has 2 heteroatoms. The van der Waals surface area contributed by atoms with Crippen molar-refractivity contribution in [3.8, 4) is 0 Å². The smallest absolute Gasteiger partial charge is 0.0951 e. The highest BCUT2D eigenvalue weighted by atomic mass is 28.3. The van der Waals surface area contributed by atoms with Gasteiger partial charge in [0.15, 0.2) is 0 Å². The Morgan fingerprint density at radius 3 is 1.56 bits per heavy atom. The number of nitrogens with zero attached hydrogens (tertiary/aromatic N) is 1. The molecule has 0 amide bonds. The van der Waals surface area contributed by atoms with Crippen molar-refractivity contribution < 1.29 is 0 Å². The first-order chi connectivity index (χ1) is 8.36. The maximum Gasteiger partial charge on any atom is 0.0951 e. The Morgan fingerprint density at radius 1 is 0.944 bits per heavy atom. The van der Waals surface area contributed by atoms with Crippen LogP contribution in [0.4, 0.5) is 0 Å². The van der Waals surface area contributed by atoms with Gasteiger partial charge in [-0.3, -0.25) is 4.90 Å². The Bertz CT molecular complexity index is 221. The van der Waals surface area contributed by atoms with Crippen LogP contribution in [0.1, 0.15) is 61.3 Å². The third-order valence-electron chi connectivity index (χ3n) is 4.31. The quantitative estimate of drug-likeness (QED) is 0.531. The van der Waals surface area contributed by atoms with Gasteiger partial charge in [-0.1, -0.05) is 51.4 Å². The topological polar surface area (TPSA) is 3.24 Å². The first-order valence-electron chi connectivity index (χ1n) is 7.77. The molecule has 0 spiro atoms. The van der Waals surface area contributed by atoms with Crippen molar-refractivity contribution >= 4 is 8.07 Å². The third kappa shape index (κ3) is 4.24. The molecule has 0 saturated carbocycles. The summed E-state index contributed by atoms with van der Waals surface area (Å²) in [5.41, 5.74) is 3.08. The molecule has 0 N–H and O–H groups in total. The Kier molecular flexibility index (Phi) is 8.12. The van der Waals surface area contributed by atoms with Crippen LogP contribution in [0.25, 0.3) is 0 Å². The van der Waals surface area contributed by atoms with E-state index in [0.717, 1.165) is 0 Å². The highest BCUT2D eigenvalue weighted by Gasteiger charge is 2.39. The van der Waals surface area contributed by atoms with Crippen molar-refractivity contribution in [3.63, 3.8) is 0 Å². The summed E-state index contributed by atoms with van der Waals surface area (Å²) in [6.07, 6.45) is 2.60. The molecule has 0 aliphatic rings. The van der Waals surface area contributed by atoms with E-state index in [1.165, 1.54) is 24.9 Å². The lowest BCUT2D eigenvalue weighted by Crippen LogP contribution is -2.58. The average Bonchev–Trinajstić information content (AvgIpc) is 2.27. The highest BCUT2D eigenvalue weighted by Crippen LogP contribution is 2.30. The van der Waals surface area contributed by atoms with E-state index >= 15 is 0 Å². The first kappa shape index (κ1) is 17.9. The van der Waals surface area contributed by atoms with E-state index in [-0.39, 0.29) is 0 Å². The van der Waals surface area contributed by atoms with Crippen molar-refractivity contribution in [1.29, 1.82) is 0 Å². The van der Waals surface area contributed by atoms with Gasteiger partial charge in [0.25, 0.3) is 0 Å². The second-order valence-electron chi connectivity index (χ2n) is 6.25. The van der Waals surface area contributed by atoms with Crippen molar-refractivity contribution in [2.45, 2.75) is 91.1 Å². The summed E-state index contributed by atoms with van der Waals surface area (Å²) < 4.78 is 0. The fourth-order valence-corrected chi connectivity index (χ4v) is 8.52. The molecule has 0 fully saturated rings. The van der Waals surface area contributed by atoms with Gasteiger partial charge in [0.05, 0.1) is 8.07 Å². The minimum atomic E-state index is -1.37. The van der Waals surface area contributed by atoms with E-state index in [2.05, 4.69) is 65.6 Å². The van der Waals surface area contributed by atoms with Gasteiger partial charge < -0.3 is 0 Å². The Labute approximate surface area is 117 Å². The van der Waals surface area contributed by atoms with Crippen LogP contribution in [0.15, 0.2) is 12.3 Å². The molecule has 0 aliphatic heterocycles. The predicted molar refractivity (Wildman–Crippen MR) is 87.7 cm³/mol. The van der Waals surface area contributed by atoms with E-state index < -0.39 is 8.07 Å². The van der Waals surface area contributed by atoms with Crippen LogP contribution in [0.5, 0.6) is 0 Å². The lowest BCUT2D eigenvalue weighted by Gasteiger charge is -2.45. The van der Waals surface area contributed by atoms with Crippen LogP contribution in [0.2, 0.25) is 12.1 Å². The first-order valence-corrected chi connectivity index (χ1v) is 10.3. The molecule has 0 saturated heterocycles. The van der Waals surface area contributed by atoms with E-state index in [9.17, 15) is 0 Å². The van der Waals surface area contributed by atoms with Gasteiger partial charge in [-0.05, 0) is 27.7 Å². The molecule has 0 aromatic carbocycles. The van der Waals surface area contributed by atoms with Gasteiger partial charge in [-0.15, -0.1) is 6.58 Å². The van der Waals surface area contributed by atoms with Crippen molar-refractivity contribution in [2.75, 3.05) is 0 Å². The summed E-state index contributed by atoms with van der Waals surface area (Å²) in [6.45, 7) is 20.6. The molecule has 108 valence electrons. The van der Waals surface area contributed by atoms with Crippen molar-refractivity contribution in [2.24, 2.45) is 0 Å². The van der Waals surface area contributed by atoms with Gasteiger partial charge in [0.1, 0.15) is 0 Å². The lowest BCUT2D eigenvalue weighted by atomic mass is 10.2. The van der Waals surface area contributed by atoms with Crippen LogP contribution in [0, 0.1) is 0 Å². The second kappa shape index (κ2) is 8.16. The normalized spacial score (nSPS) is 14.6. The Hall–Kier alpha value is -0.0831. The highest BCUT2D eigenvalue weighted by molar-refractivity contribution is 6.85. The largest absolute Gasteiger partial charge is 0.298 e. The van der Waals surface area contributed by atoms with E-state index in [4.69, 9.17) is 0 Å². The van der Waals surface area contributed by atoms with Crippen LogP contribution >= 0.6 is 0 Å². The summed E-state index contributed by atoms with van der Waals surface area (Å²) in [6, 6.07) is 4.03. The molecule has 0 radical (unpaired) electrons. The van der Waals surface area contributed by atoms with Crippen LogP contribution < -0.4 is 0 Å². The van der Waals surface area contributed by atoms with Crippen LogP contribution in [0.3, 0.4) is 0 Å². The summed E-state index contributed by atoms with van der Waals surface area (Å²) in [4.78, 5) is 2.71. The van der Waals surface area contributed by atoms with E-state index in [1.54, 1.807) is 0 Å². The average molecular weight is 270 g/mol. The standard InChI is InChI=1S/C16H35NSi/c1-9-12-18(11-3,13-10-2)16(8)17(14(4)5)15(6)7/h11,14-16H,3,9-10,12-13H2,1-2,4-8H3. The third-order valence-corrected chi connectivity index (χ3v) is 9.95. The predicted octanol–water partition coefficient (Wildman–Crippen LogP) is 5.03. The zero-order valence-corrected chi connectivity index (χ0v) is 14.8. The molecule has 0 aromatic rings. The van der Waals surface area contributed by atoms with Gasteiger partial charge in [0, 0.05) is 17.7 Å². The van der Waals surface area contributed by atoms with Gasteiger partial charge >= 0.3 is 0 Å². The minimum absolute atomic E-state index is 0.625.